The Balaban J connectivity index is 1.76. The van der Waals surface area contributed by atoms with Crippen LogP contribution in [0, 0.1) is 0 Å². The summed E-state index contributed by atoms with van der Waals surface area (Å²) in [5.41, 5.74) is 3.16. The van der Waals surface area contributed by atoms with Gasteiger partial charge in [-0.15, -0.1) is 11.3 Å². The number of thiazole rings is 1. The maximum Gasteiger partial charge on any atom is 0.204 e. The third-order valence-corrected chi connectivity index (χ3v) is 5.01. The summed E-state index contributed by atoms with van der Waals surface area (Å²) in [4.78, 5) is 22.0. The van der Waals surface area contributed by atoms with Crippen LogP contribution in [0.25, 0.3) is 22.3 Å². The van der Waals surface area contributed by atoms with Crippen LogP contribution < -0.4 is 0 Å². The van der Waals surface area contributed by atoms with E-state index in [-0.39, 0.29) is 5.78 Å². The number of rotatable bonds is 4. The lowest BCUT2D eigenvalue weighted by Gasteiger charge is -2.01. The largest absolute Gasteiger partial charge is 0.290 e. The Hall–Kier alpha value is -2.57. The van der Waals surface area contributed by atoms with E-state index in [9.17, 15) is 4.79 Å². The average Bonchev–Trinajstić information content (AvgIpc) is 3.23. The number of hydrogen-bond acceptors (Lipinski definition) is 4. The molecule has 0 fully saturated rings. The number of halogens is 1. The molecule has 25 heavy (non-hydrogen) atoms. The van der Waals surface area contributed by atoms with Gasteiger partial charge in [-0.05, 0) is 36.4 Å². The number of carbonyl (C=O) groups is 1. The van der Waals surface area contributed by atoms with Crippen molar-refractivity contribution >= 4 is 44.1 Å². The fourth-order valence-electron chi connectivity index (χ4n) is 2.53. The van der Waals surface area contributed by atoms with Crippen molar-refractivity contribution in [2.45, 2.75) is 0 Å². The molecular weight excluding hydrogens is 398 g/mol. The molecule has 4 rings (SSSR count). The van der Waals surface area contributed by atoms with Crippen LogP contribution in [-0.4, -0.2) is 20.2 Å². The SMILES string of the molecule is O=C(C=Cc1c(-c2ccc(Br)cc2)nc2sccn12)c1ccccn1. The molecule has 122 valence electrons. The molecule has 0 aliphatic heterocycles. The number of benzene rings is 1. The van der Waals surface area contributed by atoms with E-state index in [1.807, 2.05) is 40.2 Å². The molecule has 1 aromatic carbocycles. The van der Waals surface area contributed by atoms with Gasteiger partial charge in [0.1, 0.15) is 5.69 Å². The van der Waals surface area contributed by atoms with Crippen molar-refractivity contribution in [1.29, 1.82) is 0 Å². The maximum absolute atomic E-state index is 12.3. The van der Waals surface area contributed by atoms with Gasteiger partial charge in [-0.3, -0.25) is 14.2 Å². The molecule has 0 N–H and O–H groups in total. The zero-order valence-corrected chi connectivity index (χ0v) is 15.4. The van der Waals surface area contributed by atoms with Crippen LogP contribution in [0.2, 0.25) is 0 Å². The van der Waals surface area contributed by atoms with Crippen molar-refractivity contribution < 1.29 is 4.79 Å². The Morgan fingerprint density at radius 2 is 2.00 bits per heavy atom. The third-order valence-electron chi connectivity index (χ3n) is 3.73. The zero-order valence-electron chi connectivity index (χ0n) is 13.0. The smallest absolute Gasteiger partial charge is 0.204 e. The van der Waals surface area contributed by atoms with E-state index >= 15 is 0 Å². The summed E-state index contributed by atoms with van der Waals surface area (Å²) in [6.07, 6.45) is 6.93. The molecular formula is C19H12BrN3OS. The van der Waals surface area contributed by atoms with Crippen LogP contribution in [0.15, 0.2) is 70.8 Å². The highest BCUT2D eigenvalue weighted by atomic mass is 79.9. The van der Waals surface area contributed by atoms with Gasteiger partial charge in [0.15, 0.2) is 4.96 Å². The monoisotopic (exact) mass is 409 g/mol. The number of imidazole rings is 1. The molecule has 3 heterocycles. The normalized spacial score (nSPS) is 11.4. The second-order valence-electron chi connectivity index (χ2n) is 5.32. The minimum absolute atomic E-state index is 0.132. The maximum atomic E-state index is 12.3. The Morgan fingerprint density at radius 1 is 1.16 bits per heavy atom. The number of ketones is 1. The molecule has 4 nitrogen and oxygen atoms in total. The molecule has 0 aliphatic rings. The zero-order chi connectivity index (χ0) is 17.2. The first-order chi connectivity index (χ1) is 12.2. The molecule has 0 saturated carbocycles. The highest BCUT2D eigenvalue weighted by molar-refractivity contribution is 9.10. The minimum Gasteiger partial charge on any atom is -0.290 e. The summed E-state index contributed by atoms with van der Waals surface area (Å²) in [7, 11) is 0. The van der Waals surface area contributed by atoms with Gasteiger partial charge in [-0.2, -0.15) is 0 Å². The standard InChI is InChI=1S/C19H12BrN3OS/c20-14-6-4-13(5-7-14)18-16(23-11-12-25-19(23)22-18)8-9-17(24)15-3-1-2-10-21-15/h1-12H. The Bertz CT molecular complexity index is 1070. The number of carbonyl (C=O) groups excluding carboxylic acids is 1. The predicted molar refractivity (Wildman–Crippen MR) is 104 cm³/mol. The molecule has 3 aromatic heterocycles. The Kier molecular flexibility index (Phi) is 4.29. The number of hydrogen-bond donors (Lipinski definition) is 0. The number of pyridine rings is 1. The second kappa shape index (κ2) is 6.74. The van der Waals surface area contributed by atoms with Gasteiger partial charge in [-0.1, -0.05) is 34.1 Å². The van der Waals surface area contributed by atoms with Crippen LogP contribution in [-0.2, 0) is 0 Å². The van der Waals surface area contributed by atoms with Crippen molar-refractivity contribution in [1.82, 2.24) is 14.4 Å². The molecule has 4 aromatic rings. The molecule has 0 amide bonds. The second-order valence-corrected chi connectivity index (χ2v) is 7.11. The minimum atomic E-state index is -0.132. The predicted octanol–water partition coefficient (Wildman–Crippen LogP) is 5.12. The molecule has 0 unspecified atom stereocenters. The Morgan fingerprint density at radius 3 is 2.76 bits per heavy atom. The van der Waals surface area contributed by atoms with Gasteiger partial charge in [0, 0.05) is 27.8 Å². The number of aromatic nitrogens is 3. The van der Waals surface area contributed by atoms with Crippen LogP contribution >= 0.6 is 27.3 Å². The van der Waals surface area contributed by atoms with Gasteiger partial charge < -0.3 is 0 Å². The summed E-state index contributed by atoms with van der Waals surface area (Å²) >= 11 is 5.01. The topological polar surface area (TPSA) is 47.3 Å². The third kappa shape index (κ3) is 3.18. The summed E-state index contributed by atoms with van der Waals surface area (Å²) in [6.45, 7) is 0. The van der Waals surface area contributed by atoms with Crippen molar-refractivity contribution in [3.8, 4) is 11.3 Å². The van der Waals surface area contributed by atoms with E-state index in [0.29, 0.717) is 5.69 Å². The van der Waals surface area contributed by atoms with E-state index in [1.165, 1.54) is 0 Å². The van der Waals surface area contributed by atoms with E-state index in [4.69, 9.17) is 4.98 Å². The summed E-state index contributed by atoms with van der Waals surface area (Å²) in [6, 6.07) is 13.3. The first kappa shape index (κ1) is 15.9. The molecule has 0 bridgehead atoms. The fraction of sp³-hybridized carbons (Fsp3) is 0. The highest BCUT2D eigenvalue weighted by Gasteiger charge is 2.13. The first-order valence-corrected chi connectivity index (χ1v) is 9.24. The van der Waals surface area contributed by atoms with E-state index in [2.05, 4.69) is 20.9 Å². The summed E-state index contributed by atoms with van der Waals surface area (Å²) < 4.78 is 3.00. The van der Waals surface area contributed by atoms with Crippen LogP contribution in [0.1, 0.15) is 16.2 Å². The first-order valence-electron chi connectivity index (χ1n) is 7.57. The summed E-state index contributed by atoms with van der Waals surface area (Å²) in [5, 5.41) is 1.98. The summed E-state index contributed by atoms with van der Waals surface area (Å²) in [5.74, 6) is -0.132. The van der Waals surface area contributed by atoms with Crippen LogP contribution in [0.5, 0.6) is 0 Å². The average molecular weight is 410 g/mol. The highest BCUT2D eigenvalue weighted by Crippen LogP contribution is 2.28. The lowest BCUT2D eigenvalue weighted by Crippen LogP contribution is -1.97. The van der Waals surface area contributed by atoms with E-state index < -0.39 is 0 Å². The number of nitrogens with zero attached hydrogens (tertiary/aromatic N) is 3. The quantitative estimate of drug-likeness (QED) is 0.347. The molecule has 0 aliphatic carbocycles. The molecule has 0 spiro atoms. The lowest BCUT2D eigenvalue weighted by atomic mass is 10.1. The number of fused-ring (bicyclic) bond motifs is 1. The van der Waals surface area contributed by atoms with Crippen molar-refractivity contribution in [3.63, 3.8) is 0 Å². The Labute approximate surface area is 156 Å². The van der Waals surface area contributed by atoms with E-state index in [0.717, 1.165) is 26.4 Å². The van der Waals surface area contributed by atoms with Crippen molar-refractivity contribution in [3.05, 3.63) is 82.2 Å². The van der Waals surface area contributed by atoms with Crippen LogP contribution in [0.3, 0.4) is 0 Å². The van der Waals surface area contributed by atoms with Gasteiger partial charge in [-0.25, -0.2) is 4.98 Å². The van der Waals surface area contributed by atoms with E-state index in [1.54, 1.807) is 47.9 Å². The lowest BCUT2D eigenvalue weighted by molar-refractivity contribution is 0.104. The van der Waals surface area contributed by atoms with Gasteiger partial charge in [0.25, 0.3) is 0 Å². The molecule has 0 atom stereocenters. The van der Waals surface area contributed by atoms with Gasteiger partial charge >= 0.3 is 0 Å². The molecule has 0 radical (unpaired) electrons. The fourth-order valence-corrected chi connectivity index (χ4v) is 3.52. The number of allylic oxidation sites excluding steroid dienone is 1. The van der Waals surface area contributed by atoms with Gasteiger partial charge in [0.2, 0.25) is 5.78 Å². The van der Waals surface area contributed by atoms with Crippen LogP contribution in [0.4, 0.5) is 0 Å². The molecule has 6 heteroatoms. The van der Waals surface area contributed by atoms with Crippen molar-refractivity contribution in [2.75, 3.05) is 0 Å². The van der Waals surface area contributed by atoms with Crippen molar-refractivity contribution in [2.24, 2.45) is 0 Å². The molecule has 0 saturated heterocycles. The van der Waals surface area contributed by atoms with Gasteiger partial charge in [0.05, 0.1) is 11.4 Å².